The van der Waals surface area contributed by atoms with Crippen LogP contribution in [0.2, 0.25) is 0 Å². The third kappa shape index (κ3) is 6.21. The summed E-state index contributed by atoms with van der Waals surface area (Å²) in [5.41, 5.74) is 1.99. The van der Waals surface area contributed by atoms with E-state index in [4.69, 9.17) is 4.74 Å². The number of nitrogens with one attached hydrogen (secondary N) is 2. The van der Waals surface area contributed by atoms with Gasteiger partial charge in [0.05, 0.1) is 17.9 Å². The smallest absolute Gasteiger partial charge is 0.340 e. The third-order valence-corrected chi connectivity index (χ3v) is 4.14. The van der Waals surface area contributed by atoms with Crippen LogP contribution in [0.3, 0.4) is 0 Å². The minimum atomic E-state index is -0.487. The Morgan fingerprint density at radius 2 is 1.78 bits per heavy atom. The van der Waals surface area contributed by atoms with Gasteiger partial charge in [0.2, 0.25) is 5.91 Å². The topological polar surface area (TPSA) is 84.5 Å². The Morgan fingerprint density at radius 3 is 2.41 bits per heavy atom. The summed E-state index contributed by atoms with van der Waals surface area (Å²) in [5.74, 6) is -0.943. The predicted octanol–water partition coefficient (Wildman–Crippen LogP) is 3.90. The Balaban J connectivity index is 2.13. The summed E-state index contributed by atoms with van der Waals surface area (Å²) < 4.78 is 5.89. The average Bonchev–Trinajstić information content (AvgIpc) is 2.66. The fourth-order valence-corrected chi connectivity index (χ4v) is 2.62. The number of ether oxygens (including phenoxy) is 1. The van der Waals surface area contributed by atoms with E-state index in [0.29, 0.717) is 35.3 Å². The zero-order valence-corrected chi connectivity index (χ0v) is 16.8. The van der Waals surface area contributed by atoms with Crippen LogP contribution in [-0.2, 0) is 16.1 Å². The molecule has 142 valence electrons. The molecule has 0 unspecified atom stereocenters. The second kappa shape index (κ2) is 9.87. The summed E-state index contributed by atoms with van der Waals surface area (Å²) in [4.78, 5) is 35.7. The Hall–Kier alpha value is -2.67. The number of halogens is 1. The second-order valence-corrected chi connectivity index (χ2v) is 6.80. The number of hydrogen-bond acceptors (Lipinski definition) is 4. The van der Waals surface area contributed by atoms with Crippen LogP contribution in [-0.4, -0.2) is 24.4 Å². The van der Waals surface area contributed by atoms with Gasteiger partial charge in [-0.2, -0.15) is 0 Å². The Morgan fingerprint density at radius 1 is 1.07 bits per heavy atom. The van der Waals surface area contributed by atoms with Gasteiger partial charge in [0.1, 0.15) is 0 Å². The SMILES string of the molecule is CCCOC(=O)c1cc(Br)ccc1NC(=O)c1ccc(CNC(C)=O)cc1. The molecule has 0 saturated heterocycles. The molecule has 2 aromatic rings. The summed E-state index contributed by atoms with van der Waals surface area (Å²) in [6.45, 7) is 4.07. The molecule has 0 bridgehead atoms. The van der Waals surface area contributed by atoms with Gasteiger partial charge in [-0.05, 0) is 42.3 Å². The number of rotatable bonds is 7. The van der Waals surface area contributed by atoms with E-state index in [0.717, 1.165) is 5.56 Å². The molecule has 27 heavy (non-hydrogen) atoms. The van der Waals surface area contributed by atoms with Crippen molar-refractivity contribution < 1.29 is 19.1 Å². The van der Waals surface area contributed by atoms with Crippen LogP contribution >= 0.6 is 15.9 Å². The molecule has 0 spiro atoms. The van der Waals surface area contributed by atoms with Gasteiger partial charge in [-0.15, -0.1) is 0 Å². The fraction of sp³-hybridized carbons (Fsp3) is 0.250. The van der Waals surface area contributed by atoms with Gasteiger partial charge in [-0.25, -0.2) is 4.79 Å². The molecule has 2 rings (SSSR count). The van der Waals surface area contributed by atoms with Crippen molar-refractivity contribution >= 4 is 39.4 Å². The largest absolute Gasteiger partial charge is 0.462 e. The molecular formula is C20H21BrN2O4. The highest BCUT2D eigenvalue weighted by molar-refractivity contribution is 9.10. The normalized spacial score (nSPS) is 10.2. The molecule has 0 aliphatic carbocycles. The average molecular weight is 433 g/mol. The number of anilines is 1. The molecule has 0 fully saturated rings. The van der Waals surface area contributed by atoms with Crippen molar-refractivity contribution in [1.29, 1.82) is 0 Å². The lowest BCUT2D eigenvalue weighted by Crippen LogP contribution is -2.19. The lowest BCUT2D eigenvalue weighted by Gasteiger charge is -2.12. The summed E-state index contributed by atoms with van der Waals surface area (Å²) >= 11 is 3.33. The molecule has 2 N–H and O–H groups in total. The van der Waals surface area contributed by atoms with Crippen LogP contribution < -0.4 is 10.6 Å². The molecule has 0 aliphatic heterocycles. The zero-order valence-electron chi connectivity index (χ0n) is 15.2. The third-order valence-electron chi connectivity index (χ3n) is 3.64. The lowest BCUT2D eigenvalue weighted by atomic mass is 10.1. The minimum absolute atomic E-state index is 0.116. The number of esters is 1. The highest BCUT2D eigenvalue weighted by Gasteiger charge is 2.16. The van der Waals surface area contributed by atoms with Crippen molar-refractivity contribution in [3.05, 3.63) is 63.6 Å². The molecule has 0 heterocycles. The maximum Gasteiger partial charge on any atom is 0.340 e. The van der Waals surface area contributed by atoms with E-state index < -0.39 is 5.97 Å². The summed E-state index contributed by atoms with van der Waals surface area (Å²) in [6, 6.07) is 11.9. The quantitative estimate of drug-likeness (QED) is 0.649. The highest BCUT2D eigenvalue weighted by Crippen LogP contribution is 2.23. The summed E-state index contributed by atoms with van der Waals surface area (Å²) in [6.07, 6.45) is 0.715. The van der Waals surface area contributed by atoms with Crippen molar-refractivity contribution in [3.63, 3.8) is 0 Å². The number of amides is 2. The molecular weight excluding hydrogens is 412 g/mol. The molecule has 0 atom stereocenters. The van der Waals surface area contributed by atoms with Gasteiger partial charge in [-0.1, -0.05) is 35.0 Å². The van der Waals surface area contributed by atoms with E-state index in [1.807, 2.05) is 6.92 Å². The first-order valence-electron chi connectivity index (χ1n) is 8.52. The van der Waals surface area contributed by atoms with Crippen molar-refractivity contribution in [2.45, 2.75) is 26.8 Å². The number of carbonyl (C=O) groups excluding carboxylic acids is 3. The predicted molar refractivity (Wildman–Crippen MR) is 107 cm³/mol. The van der Waals surface area contributed by atoms with E-state index in [2.05, 4.69) is 26.6 Å². The van der Waals surface area contributed by atoms with Gasteiger partial charge >= 0.3 is 5.97 Å². The number of hydrogen-bond donors (Lipinski definition) is 2. The van der Waals surface area contributed by atoms with Crippen LogP contribution in [0, 0.1) is 0 Å². The van der Waals surface area contributed by atoms with E-state index in [9.17, 15) is 14.4 Å². The van der Waals surface area contributed by atoms with Gasteiger partial charge in [0, 0.05) is 23.5 Å². The van der Waals surface area contributed by atoms with Crippen LogP contribution in [0.25, 0.3) is 0 Å². The first-order chi connectivity index (χ1) is 12.9. The Kier molecular flexibility index (Phi) is 7.55. The monoisotopic (exact) mass is 432 g/mol. The van der Waals surface area contributed by atoms with E-state index >= 15 is 0 Å². The summed E-state index contributed by atoms with van der Waals surface area (Å²) in [7, 11) is 0. The number of benzene rings is 2. The first-order valence-corrected chi connectivity index (χ1v) is 9.31. The molecule has 6 nitrogen and oxygen atoms in total. The van der Waals surface area contributed by atoms with E-state index in [-0.39, 0.29) is 17.4 Å². The van der Waals surface area contributed by atoms with Crippen LogP contribution in [0.4, 0.5) is 5.69 Å². The Labute approximate surface area is 166 Å². The maximum atomic E-state index is 12.5. The van der Waals surface area contributed by atoms with Crippen molar-refractivity contribution in [2.75, 3.05) is 11.9 Å². The van der Waals surface area contributed by atoms with Crippen molar-refractivity contribution in [3.8, 4) is 0 Å². The summed E-state index contributed by atoms with van der Waals surface area (Å²) in [5, 5.41) is 5.45. The Bertz CT molecular complexity index is 834. The van der Waals surface area contributed by atoms with Crippen LogP contribution in [0.1, 0.15) is 46.5 Å². The van der Waals surface area contributed by atoms with Crippen molar-refractivity contribution in [1.82, 2.24) is 5.32 Å². The van der Waals surface area contributed by atoms with Gasteiger partial charge in [-0.3, -0.25) is 9.59 Å². The molecule has 2 aromatic carbocycles. The van der Waals surface area contributed by atoms with Crippen LogP contribution in [0.15, 0.2) is 46.9 Å². The number of carbonyl (C=O) groups is 3. The molecule has 7 heteroatoms. The second-order valence-electron chi connectivity index (χ2n) is 5.89. The van der Waals surface area contributed by atoms with Crippen molar-refractivity contribution in [2.24, 2.45) is 0 Å². The molecule has 0 saturated carbocycles. The fourth-order valence-electron chi connectivity index (χ4n) is 2.26. The van der Waals surface area contributed by atoms with Crippen LogP contribution in [0.5, 0.6) is 0 Å². The lowest BCUT2D eigenvalue weighted by molar-refractivity contribution is -0.119. The first kappa shape index (κ1) is 20.6. The van der Waals surface area contributed by atoms with Gasteiger partial charge in [0.25, 0.3) is 5.91 Å². The molecule has 0 radical (unpaired) electrons. The highest BCUT2D eigenvalue weighted by atomic mass is 79.9. The van der Waals surface area contributed by atoms with E-state index in [1.165, 1.54) is 6.92 Å². The van der Waals surface area contributed by atoms with Gasteiger partial charge < -0.3 is 15.4 Å². The van der Waals surface area contributed by atoms with E-state index in [1.54, 1.807) is 42.5 Å². The standard InChI is InChI=1S/C20H21BrN2O4/c1-3-10-27-20(26)17-11-16(21)8-9-18(17)23-19(25)15-6-4-14(5-7-15)12-22-13(2)24/h4-9,11H,3,10,12H2,1-2H3,(H,22,24)(H,23,25). The molecule has 0 aromatic heterocycles. The zero-order chi connectivity index (χ0) is 19.8. The molecule has 2 amide bonds. The van der Waals surface area contributed by atoms with Gasteiger partial charge in [0.15, 0.2) is 0 Å². The maximum absolute atomic E-state index is 12.5. The molecule has 0 aliphatic rings. The minimum Gasteiger partial charge on any atom is -0.462 e.